The zero-order chi connectivity index (χ0) is 9.15. The van der Waals surface area contributed by atoms with Gasteiger partial charge in [0.25, 0.3) is 0 Å². The van der Waals surface area contributed by atoms with Crippen molar-refractivity contribution >= 4 is 0 Å². The Morgan fingerprint density at radius 1 is 1.38 bits per heavy atom. The van der Waals surface area contributed by atoms with Gasteiger partial charge in [0.1, 0.15) is 5.72 Å². The maximum absolute atomic E-state index is 5.41. The molecule has 13 heavy (non-hydrogen) atoms. The summed E-state index contributed by atoms with van der Waals surface area (Å²) in [7, 11) is 0. The number of nitrogens with one attached hydrogen (secondary N) is 1. The van der Waals surface area contributed by atoms with Crippen LogP contribution in [0.5, 0.6) is 0 Å². The summed E-state index contributed by atoms with van der Waals surface area (Å²) in [5.41, 5.74) is 3.72. The molecule has 0 radical (unpaired) electrons. The predicted octanol–water partition coefficient (Wildman–Crippen LogP) is 1.45. The van der Waals surface area contributed by atoms with Crippen molar-refractivity contribution < 1.29 is 9.57 Å². The van der Waals surface area contributed by atoms with Gasteiger partial charge in [-0.2, -0.15) is 5.48 Å². The Morgan fingerprint density at radius 2 is 2.15 bits per heavy atom. The molecule has 3 nitrogen and oxygen atoms in total. The van der Waals surface area contributed by atoms with Crippen LogP contribution in [0.15, 0.2) is 30.3 Å². The van der Waals surface area contributed by atoms with E-state index in [9.17, 15) is 0 Å². The van der Waals surface area contributed by atoms with E-state index in [1.54, 1.807) is 0 Å². The van der Waals surface area contributed by atoms with Crippen LogP contribution < -0.4 is 5.48 Å². The first-order valence-electron chi connectivity index (χ1n) is 4.35. The normalized spacial score (nSPS) is 27.8. The summed E-state index contributed by atoms with van der Waals surface area (Å²) in [6.07, 6.45) is 0.813. The fourth-order valence-electron chi connectivity index (χ4n) is 1.44. The van der Waals surface area contributed by atoms with Gasteiger partial charge in [0.05, 0.1) is 0 Å². The van der Waals surface area contributed by atoms with Gasteiger partial charge in [-0.1, -0.05) is 30.3 Å². The van der Waals surface area contributed by atoms with E-state index in [4.69, 9.17) is 9.57 Å². The van der Waals surface area contributed by atoms with Crippen LogP contribution in [-0.2, 0) is 16.0 Å². The lowest BCUT2D eigenvalue weighted by atomic mass is 10.1. The van der Waals surface area contributed by atoms with Gasteiger partial charge in [0, 0.05) is 6.42 Å². The summed E-state index contributed by atoms with van der Waals surface area (Å²) in [4.78, 5) is 4.96. The van der Waals surface area contributed by atoms with E-state index in [0.29, 0.717) is 6.79 Å². The Bertz CT molecular complexity index is 268. The predicted molar refractivity (Wildman–Crippen MR) is 48.7 cm³/mol. The fourth-order valence-corrected chi connectivity index (χ4v) is 1.44. The Morgan fingerprint density at radius 3 is 2.77 bits per heavy atom. The molecular weight excluding hydrogens is 166 g/mol. The molecular formula is C10H13NO2. The second-order valence-corrected chi connectivity index (χ2v) is 3.40. The minimum atomic E-state index is -0.374. The minimum absolute atomic E-state index is 0.323. The Kier molecular flexibility index (Phi) is 2.31. The first-order valence-corrected chi connectivity index (χ1v) is 4.35. The average molecular weight is 179 g/mol. The van der Waals surface area contributed by atoms with Crippen LogP contribution >= 0.6 is 0 Å². The van der Waals surface area contributed by atoms with Crippen molar-refractivity contribution in [3.63, 3.8) is 0 Å². The quantitative estimate of drug-likeness (QED) is 0.745. The van der Waals surface area contributed by atoms with E-state index in [1.165, 1.54) is 5.56 Å². The molecule has 0 bridgehead atoms. The highest BCUT2D eigenvalue weighted by atomic mass is 16.8. The van der Waals surface area contributed by atoms with Crippen molar-refractivity contribution in [3.05, 3.63) is 35.9 Å². The lowest BCUT2D eigenvalue weighted by Gasteiger charge is -2.20. The molecule has 1 N–H and O–H groups in total. The van der Waals surface area contributed by atoms with Crippen LogP contribution in [0.1, 0.15) is 12.5 Å². The number of rotatable bonds is 2. The van der Waals surface area contributed by atoms with Crippen molar-refractivity contribution in [1.29, 1.82) is 0 Å². The second-order valence-electron chi connectivity index (χ2n) is 3.40. The third-order valence-corrected chi connectivity index (χ3v) is 2.11. The van der Waals surface area contributed by atoms with Crippen LogP contribution in [-0.4, -0.2) is 12.5 Å². The average Bonchev–Trinajstić information content (AvgIpc) is 2.54. The highest BCUT2D eigenvalue weighted by Gasteiger charge is 2.30. The third-order valence-electron chi connectivity index (χ3n) is 2.11. The summed E-state index contributed by atoms with van der Waals surface area (Å²) in [6.45, 7) is 2.30. The first kappa shape index (κ1) is 8.69. The molecule has 1 aromatic carbocycles. The molecule has 2 rings (SSSR count). The van der Waals surface area contributed by atoms with Gasteiger partial charge in [-0.15, -0.1) is 0 Å². The van der Waals surface area contributed by atoms with E-state index >= 15 is 0 Å². The standard InChI is InChI=1S/C10H13NO2/c1-10(11-13-8-12-10)7-9-5-3-2-4-6-9/h2-6,11H,7-8H2,1H3. The number of ether oxygens (including phenoxy) is 1. The SMILES string of the molecule is CC1(Cc2ccccc2)NOCO1. The third kappa shape index (κ3) is 2.06. The van der Waals surface area contributed by atoms with E-state index in [2.05, 4.69) is 17.6 Å². The Balaban J connectivity index is 2.05. The Labute approximate surface area is 77.6 Å². The molecule has 1 atom stereocenters. The van der Waals surface area contributed by atoms with Gasteiger partial charge in [-0.25, -0.2) is 0 Å². The molecule has 1 saturated heterocycles. The molecule has 3 heteroatoms. The van der Waals surface area contributed by atoms with Crippen LogP contribution in [0.3, 0.4) is 0 Å². The molecule has 0 amide bonds. The minimum Gasteiger partial charge on any atom is -0.331 e. The van der Waals surface area contributed by atoms with Crippen LogP contribution in [0, 0.1) is 0 Å². The summed E-state index contributed by atoms with van der Waals surface area (Å²) in [5, 5.41) is 0. The van der Waals surface area contributed by atoms with E-state index in [0.717, 1.165) is 6.42 Å². The van der Waals surface area contributed by atoms with Crippen LogP contribution in [0.2, 0.25) is 0 Å². The van der Waals surface area contributed by atoms with Crippen molar-refractivity contribution in [2.75, 3.05) is 6.79 Å². The van der Waals surface area contributed by atoms with Gasteiger partial charge in [0.15, 0.2) is 6.79 Å². The summed E-state index contributed by atoms with van der Waals surface area (Å²) in [6, 6.07) is 10.2. The van der Waals surface area contributed by atoms with Crippen molar-refractivity contribution in [3.8, 4) is 0 Å². The monoisotopic (exact) mass is 179 g/mol. The van der Waals surface area contributed by atoms with Crippen molar-refractivity contribution in [1.82, 2.24) is 5.48 Å². The highest BCUT2D eigenvalue weighted by molar-refractivity contribution is 5.16. The first-order chi connectivity index (χ1) is 6.29. The summed E-state index contributed by atoms with van der Waals surface area (Å²) < 4.78 is 5.41. The smallest absolute Gasteiger partial charge is 0.169 e. The number of hydroxylamine groups is 1. The van der Waals surface area contributed by atoms with E-state index in [1.807, 2.05) is 25.1 Å². The molecule has 0 spiro atoms. The molecule has 1 aliphatic heterocycles. The number of hydrogen-bond acceptors (Lipinski definition) is 3. The van der Waals surface area contributed by atoms with Crippen LogP contribution in [0.4, 0.5) is 0 Å². The molecule has 0 aromatic heterocycles. The molecule has 70 valence electrons. The molecule has 1 aliphatic rings. The van der Waals surface area contributed by atoms with E-state index < -0.39 is 0 Å². The van der Waals surface area contributed by atoms with Gasteiger partial charge in [-0.3, -0.25) is 4.84 Å². The van der Waals surface area contributed by atoms with Gasteiger partial charge in [0.2, 0.25) is 0 Å². The summed E-state index contributed by atoms with van der Waals surface area (Å²) in [5.74, 6) is 0. The fraction of sp³-hybridized carbons (Fsp3) is 0.400. The maximum atomic E-state index is 5.41. The zero-order valence-corrected chi connectivity index (χ0v) is 7.62. The highest BCUT2D eigenvalue weighted by Crippen LogP contribution is 2.18. The topological polar surface area (TPSA) is 30.5 Å². The molecule has 1 aromatic rings. The number of hydrogen-bond donors (Lipinski definition) is 1. The maximum Gasteiger partial charge on any atom is 0.169 e. The molecule has 0 aliphatic carbocycles. The van der Waals surface area contributed by atoms with Crippen LogP contribution in [0.25, 0.3) is 0 Å². The largest absolute Gasteiger partial charge is 0.331 e. The Hall–Kier alpha value is -0.900. The second kappa shape index (κ2) is 3.46. The summed E-state index contributed by atoms with van der Waals surface area (Å²) >= 11 is 0. The van der Waals surface area contributed by atoms with Crippen molar-refractivity contribution in [2.45, 2.75) is 19.1 Å². The number of benzene rings is 1. The zero-order valence-electron chi connectivity index (χ0n) is 7.62. The molecule has 0 saturated carbocycles. The van der Waals surface area contributed by atoms with Gasteiger partial charge < -0.3 is 4.74 Å². The lowest BCUT2D eigenvalue weighted by molar-refractivity contribution is 0.00112. The molecule has 1 unspecified atom stereocenters. The van der Waals surface area contributed by atoms with Crippen molar-refractivity contribution in [2.24, 2.45) is 0 Å². The molecule has 1 fully saturated rings. The van der Waals surface area contributed by atoms with E-state index in [-0.39, 0.29) is 5.72 Å². The lowest BCUT2D eigenvalue weighted by Crippen LogP contribution is -2.39. The van der Waals surface area contributed by atoms with Gasteiger partial charge in [-0.05, 0) is 12.5 Å². The molecule has 1 heterocycles. The van der Waals surface area contributed by atoms with Gasteiger partial charge >= 0.3 is 0 Å².